The van der Waals surface area contributed by atoms with E-state index in [0.717, 1.165) is 6.07 Å². The number of nitrogens with one attached hydrogen (secondary N) is 1. The Bertz CT molecular complexity index is 496. The summed E-state index contributed by atoms with van der Waals surface area (Å²) in [5.41, 5.74) is -1.02. The Kier molecular flexibility index (Phi) is 4.68. The molecule has 1 N–H and O–H groups in total. The van der Waals surface area contributed by atoms with E-state index in [1.165, 1.54) is 20.1 Å². The Morgan fingerprint density at radius 2 is 1.90 bits per heavy atom. The van der Waals surface area contributed by atoms with E-state index in [2.05, 4.69) is 10.1 Å². The monoisotopic (exact) mass is 289 g/mol. The molecule has 1 aromatic rings. The van der Waals surface area contributed by atoms with Crippen LogP contribution in [0.25, 0.3) is 0 Å². The molecule has 0 amide bonds. The normalized spacial score (nSPS) is 12.2. The summed E-state index contributed by atoms with van der Waals surface area (Å²) in [7, 11) is 1.28. The molecule has 0 heterocycles. The molecule has 0 aliphatic carbocycles. The Balaban J connectivity index is 2.88. The first-order valence-electron chi connectivity index (χ1n) is 6.08. The summed E-state index contributed by atoms with van der Waals surface area (Å²) < 4.78 is 43.0. The van der Waals surface area contributed by atoms with Crippen molar-refractivity contribution >= 4 is 11.7 Å². The van der Waals surface area contributed by atoms with E-state index in [9.17, 15) is 18.0 Å². The van der Waals surface area contributed by atoms with Crippen LogP contribution >= 0.6 is 0 Å². The molecule has 0 aromatic heterocycles. The lowest BCUT2D eigenvalue weighted by molar-refractivity contribution is -0.150. The summed E-state index contributed by atoms with van der Waals surface area (Å²) in [4.78, 5) is 11.5. The fraction of sp³-hybridized carbons (Fsp3) is 0.500. The quantitative estimate of drug-likeness (QED) is 0.860. The maximum absolute atomic E-state index is 12.8. The minimum absolute atomic E-state index is 0.162. The van der Waals surface area contributed by atoms with Crippen molar-refractivity contribution in [1.82, 2.24) is 0 Å². The molecule has 3 nitrogen and oxygen atoms in total. The largest absolute Gasteiger partial charge is 0.469 e. The number of benzene rings is 1. The van der Waals surface area contributed by atoms with Gasteiger partial charge in [-0.3, -0.25) is 4.79 Å². The van der Waals surface area contributed by atoms with Crippen molar-refractivity contribution in [1.29, 1.82) is 0 Å². The summed E-state index contributed by atoms with van der Waals surface area (Å²) in [6.07, 6.45) is -4.39. The summed E-state index contributed by atoms with van der Waals surface area (Å²) in [6.45, 7) is 4.90. The minimum Gasteiger partial charge on any atom is -0.469 e. The third-order valence-electron chi connectivity index (χ3n) is 3.02. The number of anilines is 1. The second-order valence-electron chi connectivity index (χ2n) is 5.26. The topological polar surface area (TPSA) is 38.3 Å². The SMILES string of the molecule is COC(=O)C(C)(C)CNc1ccc(C)c(C(F)(F)F)c1. The molecule has 1 rings (SSSR count). The van der Waals surface area contributed by atoms with Gasteiger partial charge in [-0.15, -0.1) is 0 Å². The van der Waals surface area contributed by atoms with Crippen molar-refractivity contribution in [2.75, 3.05) is 19.0 Å². The molecule has 0 spiro atoms. The fourth-order valence-electron chi connectivity index (χ4n) is 1.71. The van der Waals surface area contributed by atoms with Gasteiger partial charge in [0.25, 0.3) is 0 Å². The zero-order chi connectivity index (χ0) is 15.6. The van der Waals surface area contributed by atoms with Gasteiger partial charge >= 0.3 is 12.1 Å². The van der Waals surface area contributed by atoms with Crippen LogP contribution < -0.4 is 5.32 Å². The van der Waals surface area contributed by atoms with Gasteiger partial charge in [-0.05, 0) is 38.5 Å². The highest BCUT2D eigenvalue weighted by Crippen LogP contribution is 2.33. The first kappa shape index (κ1) is 16.3. The van der Waals surface area contributed by atoms with E-state index in [1.54, 1.807) is 19.9 Å². The van der Waals surface area contributed by atoms with Crippen LogP contribution in [0.1, 0.15) is 25.0 Å². The maximum atomic E-state index is 12.8. The van der Waals surface area contributed by atoms with E-state index >= 15 is 0 Å². The third kappa shape index (κ3) is 3.88. The highest BCUT2D eigenvalue weighted by molar-refractivity contribution is 5.76. The van der Waals surface area contributed by atoms with Gasteiger partial charge in [0.15, 0.2) is 0 Å². The molecular weight excluding hydrogens is 271 g/mol. The van der Waals surface area contributed by atoms with Crippen molar-refractivity contribution < 1.29 is 22.7 Å². The lowest BCUT2D eigenvalue weighted by Crippen LogP contribution is -2.33. The van der Waals surface area contributed by atoms with Crippen LogP contribution in [0.2, 0.25) is 0 Å². The van der Waals surface area contributed by atoms with Gasteiger partial charge in [0, 0.05) is 12.2 Å². The highest BCUT2D eigenvalue weighted by atomic mass is 19.4. The Labute approximate surface area is 116 Å². The van der Waals surface area contributed by atoms with E-state index in [1.807, 2.05) is 0 Å². The van der Waals surface area contributed by atoms with Crippen molar-refractivity contribution in [2.45, 2.75) is 26.9 Å². The van der Waals surface area contributed by atoms with E-state index in [4.69, 9.17) is 0 Å². The molecule has 6 heteroatoms. The summed E-state index contributed by atoms with van der Waals surface area (Å²) in [5, 5.41) is 2.84. The molecule has 0 unspecified atom stereocenters. The van der Waals surface area contributed by atoms with Crippen molar-refractivity contribution in [2.24, 2.45) is 5.41 Å². The molecule has 0 aliphatic rings. The van der Waals surface area contributed by atoms with Gasteiger partial charge in [0.05, 0.1) is 18.1 Å². The molecule has 0 saturated heterocycles. The third-order valence-corrected chi connectivity index (χ3v) is 3.02. The minimum atomic E-state index is -4.39. The molecule has 20 heavy (non-hydrogen) atoms. The van der Waals surface area contributed by atoms with Crippen LogP contribution in [-0.4, -0.2) is 19.6 Å². The zero-order valence-corrected chi connectivity index (χ0v) is 11.9. The van der Waals surface area contributed by atoms with E-state index in [0.29, 0.717) is 5.69 Å². The number of methoxy groups -OCH3 is 1. The van der Waals surface area contributed by atoms with Crippen LogP contribution in [0.5, 0.6) is 0 Å². The predicted octanol–water partition coefficient (Wildman–Crippen LogP) is 3.62. The molecule has 0 fully saturated rings. The molecule has 0 atom stereocenters. The first-order valence-corrected chi connectivity index (χ1v) is 6.08. The molecule has 0 radical (unpaired) electrons. The van der Waals surface area contributed by atoms with Gasteiger partial charge in [0.2, 0.25) is 0 Å². The van der Waals surface area contributed by atoms with Crippen molar-refractivity contribution in [3.63, 3.8) is 0 Å². The number of alkyl halides is 3. The van der Waals surface area contributed by atoms with Crippen LogP contribution in [0, 0.1) is 12.3 Å². The summed E-state index contributed by atoms with van der Waals surface area (Å²) in [5.74, 6) is -0.423. The number of hydrogen-bond acceptors (Lipinski definition) is 3. The average Bonchev–Trinajstić information content (AvgIpc) is 2.35. The second kappa shape index (κ2) is 5.73. The number of rotatable bonds is 4. The van der Waals surface area contributed by atoms with Gasteiger partial charge in [-0.25, -0.2) is 0 Å². The standard InChI is InChI=1S/C14H18F3NO2/c1-9-5-6-10(7-11(9)14(15,16)17)18-8-13(2,3)12(19)20-4/h5-7,18H,8H2,1-4H3. The lowest BCUT2D eigenvalue weighted by atomic mass is 9.93. The van der Waals surface area contributed by atoms with Crippen molar-refractivity contribution in [3.05, 3.63) is 29.3 Å². The first-order chi connectivity index (χ1) is 9.08. The van der Waals surface area contributed by atoms with E-state index in [-0.39, 0.29) is 12.1 Å². The smallest absolute Gasteiger partial charge is 0.416 e. The highest BCUT2D eigenvalue weighted by Gasteiger charge is 2.33. The second-order valence-corrected chi connectivity index (χ2v) is 5.26. The Morgan fingerprint density at radius 1 is 1.30 bits per heavy atom. The molecule has 0 bridgehead atoms. The van der Waals surface area contributed by atoms with Crippen LogP contribution in [0.15, 0.2) is 18.2 Å². The van der Waals surface area contributed by atoms with Gasteiger partial charge in [0.1, 0.15) is 0 Å². The molecule has 0 aliphatic heterocycles. The number of hydrogen-bond donors (Lipinski definition) is 1. The van der Waals surface area contributed by atoms with Gasteiger partial charge in [-0.2, -0.15) is 13.2 Å². The van der Waals surface area contributed by atoms with Gasteiger partial charge < -0.3 is 10.1 Å². The molecule has 1 aromatic carbocycles. The number of esters is 1. The number of carbonyl (C=O) groups is 1. The Morgan fingerprint density at radius 3 is 2.40 bits per heavy atom. The number of carbonyl (C=O) groups excluding carboxylic acids is 1. The Hall–Kier alpha value is -1.72. The average molecular weight is 289 g/mol. The number of aryl methyl sites for hydroxylation is 1. The maximum Gasteiger partial charge on any atom is 0.416 e. The fourth-order valence-corrected chi connectivity index (χ4v) is 1.71. The zero-order valence-electron chi connectivity index (χ0n) is 11.9. The van der Waals surface area contributed by atoms with Crippen LogP contribution in [0.4, 0.5) is 18.9 Å². The van der Waals surface area contributed by atoms with E-state index < -0.39 is 23.1 Å². The van der Waals surface area contributed by atoms with Crippen LogP contribution in [0.3, 0.4) is 0 Å². The summed E-state index contributed by atoms with van der Waals surface area (Å²) in [6, 6.07) is 4.00. The number of ether oxygens (including phenoxy) is 1. The van der Waals surface area contributed by atoms with Crippen LogP contribution in [-0.2, 0) is 15.7 Å². The lowest BCUT2D eigenvalue weighted by Gasteiger charge is -2.23. The summed E-state index contributed by atoms with van der Waals surface area (Å²) >= 11 is 0. The number of halogens is 3. The van der Waals surface area contributed by atoms with Gasteiger partial charge in [-0.1, -0.05) is 6.07 Å². The molecule has 112 valence electrons. The molecule has 0 saturated carbocycles. The van der Waals surface area contributed by atoms with Crippen molar-refractivity contribution in [3.8, 4) is 0 Å². The predicted molar refractivity (Wildman–Crippen MR) is 70.5 cm³/mol. The molecular formula is C14H18F3NO2.